The van der Waals surface area contributed by atoms with E-state index in [1.165, 1.54) is 4.90 Å². The molecule has 1 saturated heterocycles. The predicted octanol–water partition coefficient (Wildman–Crippen LogP) is 7.08. The zero-order chi connectivity index (χ0) is 26.5. The molecule has 6 nitrogen and oxygen atoms in total. The fourth-order valence-electron chi connectivity index (χ4n) is 3.81. The molecule has 1 aliphatic rings. The van der Waals surface area contributed by atoms with Crippen LogP contribution in [0.3, 0.4) is 0 Å². The van der Waals surface area contributed by atoms with Crippen LogP contribution in [0.2, 0.25) is 5.02 Å². The highest BCUT2D eigenvalue weighted by Gasteiger charge is 2.36. The topological polar surface area (TPSA) is 51.2 Å². The van der Waals surface area contributed by atoms with Crippen molar-refractivity contribution in [2.45, 2.75) is 20.5 Å². The molecule has 1 fully saturated rings. The molecule has 37 heavy (non-hydrogen) atoms. The molecular weight excluding hydrogens is 576 g/mol. The first-order valence-corrected chi connectivity index (χ1v) is 13.3. The lowest BCUT2D eigenvalue weighted by atomic mass is 10.1. The number of hydrogen-bond donors (Lipinski definition) is 0. The van der Waals surface area contributed by atoms with Crippen molar-refractivity contribution < 1.29 is 19.0 Å². The zero-order valence-electron chi connectivity index (χ0n) is 20.7. The maximum Gasteiger partial charge on any atom is 0.281 e. The molecule has 4 rings (SSSR count). The molecule has 192 valence electrons. The van der Waals surface area contributed by atoms with Gasteiger partial charge in [0.1, 0.15) is 18.1 Å². The van der Waals surface area contributed by atoms with E-state index in [4.69, 9.17) is 38.0 Å². The smallest absolute Gasteiger partial charge is 0.281 e. The van der Waals surface area contributed by atoms with Gasteiger partial charge in [-0.2, -0.15) is 0 Å². The van der Waals surface area contributed by atoms with Gasteiger partial charge < -0.3 is 19.1 Å². The molecule has 1 aliphatic heterocycles. The van der Waals surface area contributed by atoms with Gasteiger partial charge in [-0.15, -0.1) is 0 Å². The second-order valence-electron chi connectivity index (χ2n) is 8.12. The standard InChI is InChI=1S/C28H26BrClN2O4S/c1-4-34-22-12-10-21(11-13-22)32-27(33)24(31(3)28(32)37)15-19-14-23(29)26(25(16-19)35-5-2)36-17-18-6-8-20(30)9-7-18/h6-16H,4-5,17H2,1-3H3/b24-15-. The van der Waals surface area contributed by atoms with Crippen molar-refractivity contribution in [3.8, 4) is 17.2 Å². The van der Waals surface area contributed by atoms with E-state index in [0.717, 1.165) is 16.9 Å². The second kappa shape index (κ2) is 12.0. The molecule has 0 aliphatic carbocycles. The number of benzene rings is 3. The van der Waals surface area contributed by atoms with Crippen LogP contribution in [-0.4, -0.2) is 36.2 Å². The fraction of sp³-hybridized carbons (Fsp3) is 0.214. The Balaban J connectivity index is 1.60. The van der Waals surface area contributed by atoms with Crippen molar-refractivity contribution in [3.05, 3.63) is 87.0 Å². The van der Waals surface area contributed by atoms with E-state index in [1.807, 2.05) is 74.5 Å². The maximum atomic E-state index is 13.4. The van der Waals surface area contributed by atoms with Gasteiger partial charge >= 0.3 is 0 Å². The normalized spacial score (nSPS) is 14.5. The Kier molecular flexibility index (Phi) is 8.74. The van der Waals surface area contributed by atoms with Crippen LogP contribution in [0.5, 0.6) is 17.2 Å². The largest absolute Gasteiger partial charge is 0.494 e. The Labute approximate surface area is 235 Å². The molecule has 0 N–H and O–H groups in total. The summed E-state index contributed by atoms with van der Waals surface area (Å²) in [5.41, 5.74) is 2.87. The van der Waals surface area contributed by atoms with Gasteiger partial charge in [0.15, 0.2) is 16.6 Å². The van der Waals surface area contributed by atoms with Crippen molar-refractivity contribution in [1.82, 2.24) is 4.90 Å². The molecule has 0 bridgehead atoms. The quantitative estimate of drug-likeness (QED) is 0.193. The number of anilines is 1. The number of halogens is 2. The first-order chi connectivity index (χ1) is 17.8. The third kappa shape index (κ3) is 6.09. The van der Waals surface area contributed by atoms with Crippen LogP contribution in [0.15, 0.2) is 70.8 Å². The Morgan fingerprint density at radius 1 is 0.973 bits per heavy atom. The summed E-state index contributed by atoms with van der Waals surface area (Å²) in [5.74, 6) is 1.67. The summed E-state index contributed by atoms with van der Waals surface area (Å²) in [6.07, 6.45) is 1.79. The average molecular weight is 602 g/mol. The molecule has 0 radical (unpaired) electrons. The minimum Gasteiger partial charge on any atom is -0.494 e. The Morgan fingerprint density at radius 3 is 2.30 bits per heavy atom. The number of ether oxygens (including phenoxy) is 3. The van der Waals surface area contributed by atoms with Crippen LogP contribution in [0, 0.1) is 0 Å². The lowest BCUT2D eigenvalue weighted by molar-refractivity contribution is -0.114. The summed E-state index contributed by atoms with van der Waals surface area (Å²) in [5, 5.41) is 1.07. The number of amides is 1. The number of rotatable bonds is 9. The van der Waals surface area contributed by atoms with Gasteiger partial charge in [-0.05, 0) is 108 Å². The highest BCUT2D eigenvalue weighted by molar-refractivity contribution is 9.10. The summed E-state index contributed by atoms with van der Waals surface area (Å²) in [6, 6.07) is 18.5. The van der Waals surface area contributed by atoms with E-state index < -0.39 is 0 Å². The van der Waals surface area contributed by atoms with Crippen LogP contribution < -0.4 is 19.1 Å². The van der Waals surface area contributed by atoms with E-state index in [-0.39, 0.29) is 5.91 Å². The molecule has 0 saturated carbocycles. The molecule has 0 spiro atoms. The Bertz CT molecular complexity index is 1330. The average Bonchev–Trinajstić information content (AvgIpc) is 3.08. The Hall–Kier alpha value is -3.07. The first kappa shape index (κ1) is 27.0. The van der Waals surface area contributed by atoms with Crippen molar-refractivity contribution >= 4 is 62.5 Å². The second-order valence-corrected chi connectivity index (χ2v) is 9.77. The van der Waals surface area contributed by atoms with Crippen LogP contribution >= 0.6 is 39.7 Å². The molecule has 1 amide bonds. The van der Waals surface area contributed by atoms with Gasteiger partial charge in [0, 0.05) is 12.1 Å². The molecule has 3 aromatic rings. The zero-order valence-corrected chi connectivity index (χ0v) is 23.8. The van der Waals surface area contributed by atoms with Crippen LogP contribution in [0.1, 0.15) is 25.0 Å². The number of carbonyl (C=O) groups is 1. The first-order valence-electron chi connectivity index (χ1n) is 11.7. The number of hydrogen-bond acceptors (Lipinski definition) is 5. The number of likely N-dealkylation sites (N-methyl/N-ethyl adjacent to an activating group) is 1. The molecule has 0 unspecified atom stereocenters. The summed E-state index contributed by atoms with van der Waals surface area (Å²) < 4.78 is 18.2. The Morgan fingerprint density at radius 2 is 1.65 bits per heavy atom. The van der Waals surface area contributed by atoms with Crippen molar-refractivity contribution in [1.29, 1.82) is 0 Å². The summed E-state index contributed by atoms with van der Waals surface area (Å²) in [7, 11) is 1.78. The van der Waals surface area contributed by atoms with E-state index in [0.29, 0.717) is 57.3 Å². The van der Waals surface area contributed by atoms with Crippen LogP contribution in [0.4, 0.5) is 5.69 Å². The molecule has 0 atom stereocenters. The van der Waals surface area contributed by atoms with Crippen LogP contribution in [-0.2, 0) is 11.4 Å². The van der Waals surface area contributed by atoms with Gasteiger partial charge in [-0.25, -0.2) is 0 Å². The van der Waals surface area contributed by atoms with Crippen molar-refractivity contribution in [2.75, 3.05) is 25.2 Å². The highest BCUT2D eigenvalue weighted by Crippen LogP contribution is 2.39. The van der Waals surface area contributed by atoms with Gasteiger partial charge in [0.2, 0.25) is 0 Å². The molecule has 3 aromatic carbocycles. The number of carbonyl (C=O) groups excluding carboxylic acids is 1. The lowest BCUT2D eigenvalue weighted by Crippen LogP contribution is -2.31. The fourth-order valence-corrected chi connectivity index (χ4v) is 4.80. The maximum absolute atomic E-state index is 13.4. The van der Waals surface area contributed by atoms with Crippen molar-refractivity contribution in [3.63, 3.8) is 0 Å². The third-order valence-corrected chi connectivity index (χ3v) is 6.90. The lowest BCUT2D eigenvalue weighted by Gasteiger charge is -2.17. The molecule has 0 aromatic heterocycles. The van der Waals surface area contributed by atoms with Crippen molar-refractivity contribution in [2.24, 2.45) is 0 Å². The number of nitrogens with zero attached hydrogens (tertiary/aromatic N) is 2. The van der Waals surface area contributed by atoms with Gasteiger partial charge in [0.05, 0.1) is 23.4 Å². The molecule has 1 heterocycles. The summed E-state index contributed by atoms with van der Waals surface area (Å²) in [6.45, 7) is 5.21. The number of thiocarbonyl (C=S) groups is 1. The van der Waals surface area contributed by atoms with Gasteiger partial charge in [-0.3, -0.25) is 9.69 Å². The van der Waals surface area contributed by atoms with Gasteiger partial charge in [0.25, 0.3) is 5.91 Å². The summed E-state index contributed by atoms with van der Waals surface area (Å²) >= 11 is 15.2. The van der Waals surface area contributed by atoms with E-state index >= 15 is 0 Å². The van der Waals surface area contributed by atoms with Crippen LogP contribution in [0.25, 0.3) is 6.08 Å². The SMILES string of the molecule is CCOc1ccc(N2C(=O)/C(=C/c3cc(Br)c(OCc4ccc(Cl)cc4)c(OCC)c3)N(C)C2=S)cc1. The minimum absolute atomic E-state index is 0.214. The summed E-state index contributed by atoms with van der Waals surface area (Å²) in [4.78, 5) is 16.6. The van der Waals surface area contributed by atoms with E-state index in [1.54, 1.807) is 18.0 Å². The molecular formula is C28H26BrClN2O4S. The highest BCUT2D eigenvalue weighted by atomic mass is 79.9. The third-order valence-electron chi connectivity index (χ3n) is 5.60. The van der Waals surface area contributed by atoms with E-state index in [9.17, 15) is 4.79 Å². The predicted molar refractivity (Wildman–Crippen MR) is 155 cm³/mol. The van der Waals surface area contributed by atoms with E-state index in [2.05, 4.69) is 15.9 Å². The molecule has 9 heteroatoms. The van der Waals surface area contributed by atoms with Gasteiger partial charge in [-0.1, -0.05) is 23.7 Å². The minimum atomic E-state index is -0.214. The monoisotopic (exact) mass is 600 g/mol.